The molecule has 1 aliphatic heterocycles. The van der Waals surface area contributed by atoms with Gasteiger partial charge in [-0.1, -0.05) is 68.2 Å². The van der Waals surface area contributed by atoms with Crippen LogP contribution in [0.25, 0.3) is 93.4 Å². The van der Waals surface area contributed by atoms with Crippen molar-refractivity contribution in [3.05, 3.63) is 82.8 Å². The molecule has 2 unspecified atom stereocenters. The third-order valence-corrected chi connectivity index (χ3v) is 26.0. The Morgan fingerprint density at radius 3 is 1.25 bits per heavy atom. The maximum Gasteiger partial charge on any atom is 0.132 e. The van der Waals surface area contributed by atoms with Crippen molar-refractivity contribution in [1.29, 1.82) is 0 Å². The van der Waals surface area contributed by atoms with Gasteiger partial charge in [-0.2, -0.15) is 27.5 Å². The largest absolute Gasteiger partial charge is 0.252 e. The van der Waals surface area contributed by atoms with Gasteiger partial charge in [0.15, 0.2) is 0 Å². The first kappa shape index (κ1) is 45.9. The number of nitrogens with zero attached hydrogens (tertiary/aromatic N) is 6. The zero-order valence-corrected chi connectivity index (χ0v) is 46.2. The molecule has 6 nitrogen and oxygen atoms in total. The molecule has 2 atom stereocenters. The fraction of sp³-hybridized carbons (Fsp3) is 0.346. The van der Waals surface area contributed by atoms with Gasteiger partial charge in [0.05, 0.1) is 43.0 Å². The molecule has 10 aromatic heterocycles. The van der Waals surface area contributed by atoms with Crippen molar-refractivity contribution >= 4 is 124 Å². The van der Waals surface area contributed by atoms with Crippen LogP contribution in [-0.4, -0.2) is 39.0 Å². The number of aromatic nitrogens is 6. The van der Waals surface area contributed by atoms with E-state index >= 15 is 0 Å². The number of rotatable bonds is 16. The molecule has 15 heteroatoms. The van der Waals surface area contributed by atoms with E-state index in [2.05, 4.69) is 128 Å². The summed E-state index contributed by atoms with van der Waals surface area (Å²) >= 11 is 13.9. The van der Waals surface area contributed by atoms with Crippen LogP contribution in [0.15, 0.2) is 82.8 Å². The summed E-state index contributed by atoms with van der Waals surface area (Å²) in [5.41, 5.74) is 7.69. The van der Waals surface area contributed by atoms with Gasteiger partial charge in [0.1, 0.15) is 33.5 Å². The van der Waals surface area contributed by atoms with Crippen LogP contribution in [0.4, 0.5) is 0 Å². The molecular weight excluding hydrogens is 997 g/mol. The van der Waals surface area contributed by atoms with Crippen LogP contribution in [0.3, 0.4) is 0 Å². The molecule has 0 saturated carbocycles. The Balaban J connectivity index is 0.976. The molecule has 0 fully saturated rings. The van der Waals surface area contributed by atoms with Gasteiger partial charge in [0.2, 0.25) is 0 Å². The van der Waals surface area contributed by atoms with E-state index in [1.165, 1.54) is 103 Å². The molecule has 0 amide bonds. The van der Waals surface area contributed by atoms with Gasteiger partial charge in [0, 0.05) is 72.3 Å². The van der Waals surface area contributed by atoms with E-state index in [-0.39, 0.29) is 0 Å². The quantitative estimate of drug-likeness (QED) is 0.0959. The third-order valence-electron chi connectivity index (χ3n) is 12.8. The molecule has 0 aliphatic carbocycles. The van der Waals surface area contributed by atoms with Gasteiger partial charge < -0.3 is 0 Å². The smallest absolute Gasteiger partial charge is 0.132 e. The molecule has 344 valence electrons. The Morgan fingerprint density at radius 1 is 0.448 bits per heavy atom. The van der Waals surface area contributed by atoms with Gasteiger partial charge >= 0.3 is 0 Å². The lowest BCUT2D eigenvalue weighted by atomic mass is 10.1. The summed E-state index contributed by atoms with van der Waals surface area (Å²) in [5.74, 6) is 4.81. The average Bonchev–Trinajstić information content (AvgIpc) is 4.16. The molecule has 10 aromatic rings. The predicted molar refractivity (Wildman–Crippen MR) is 299 cm³/mol. The molecule has 67 heavy (non-hydrogen) atoms. The predicted octanol–water partition coefficient (Wildman–Crippen LogP) is 18.5. The van der Waals surface area contributed by atoms with Crippen LogP contribution in [0.1, 0.15) is 78.0 Å². The van der Waals surface area contributed by atoms with Crippen molar-refractivity contribution in [2.45, 2.75) is 90.9 Å². The molecule has 11 heterocycles. The first-order chi connectivity index (χ1) is 32.5. The number of hydrogen-bond donors (Lipinski definition) is 0. The first-order valence-electron chi connectivity index (χ1n) is 23.2. The summed E-state index contributed by atoms with van der Waals surface area (Å²) in [5, 5.41) is 0. The minimum absolute atomic E-state index is 0.585. The molecule has 11 rings (SSSR count). The highest BCUT2D eigenvalue weighted by atomic mass is 32.3. The van der Waals surface area contributed by atoms with Gasteiger partial charge in [-0.05, 0) is 109 Å². The molecule has 0 radical (unpaired) electrons. The number of hydrogen-bond acceptors (Lipinski definition) is 14. The van der Waals surface area contributed by atoms with Crippen LogP contribution in [0.5, 0.6) is 0 Å². The molecule has 0 saturated heterocycles. The Hall–Kier alpha value is -3.51. The lowest BCUT2D eigenvalue weighted by Crippen LogP contribution is -2.18. The van der Waals surface area contributed by atoms with Crippen molar-refractivity contribution in [3.63, 3.8) is 0 Å². The van der Waals surface area contributed by atoms with Gasteiger partial charge in [-0.15, -0.1) is 68.0 Å². The van der Waals surface area contributed by atoms with Gasteiger partial charge in [-0.3, -0.25) is 9.97 Å². The summed E-state index contributed by atoms with van der Waals surface area (Å²) in [4.78, 5) is 29.3. The van der Waals surface area contributed by atoms with E-state index in [1.807, 2.05) is 68.0 Å². The maximum absolute atomic E-state index is 5.27. The second kappa shape index (κ2) is 18.7. The van der Waals surface area contributed by atoms with E-state index in [0.29, 0.717) is 23.7 Å². The summed E-state index contributed by atoms with van der Waals surface area (Å²) < 4.78 is 19.8. The lowest BCUT2D eigenvalue weighted by Gasteiger charge is -2.41. The van der Waals surface area contributed by atoms with E-state index in [0.717, 1.165) is 70.3 Å². The summed E-state index contributed by atoms with van der Waals surface area (Å²) in [6.45, 7) is 18.8. The Bertz CT molecular complexity index is 3160. The first-order valence-corrected chi connectivity index (χ1v) is 31.5. The highest BCUT2D eigenvalue weighted by molar-refractivity contribution is 8.34. The van der Waals surface area contributed by atoms with E-state index in [9.17, 15) is 0 Å². The second-order valence-electron chi connectivity index (χ2n) is 18.9. The fourth-order valence-corrected chi connectivity index (χ4v) is 23.8. The minimum atomic E-state index is -1.41. The van der Waals surface area contributed by atoms with Crippen molar-refractivity contribution in [3.8, 4) is 71.3 Å². The normalized spacial score (nSPS) is 14.8. The monoisotopic (exact) mass is 1050 g/mol. The van der Waals surface area contributed by atoms with E-state index in [1.54, 1.807) is 0 Å². The zero-order chi connectivity index (χ0) is 46.1. The SMILES string of the molecule is CCC(C)CS1(CC(C)CC)c2cc(-c3ncc(-c4ccc(-c5ccc(CC(C)C)s5)s4)c4nsnc34)sc2-c2sc(-c3ncc(-c4ccc(-c5ccc(CC(C)C)s5)s4)c4nsnc34)cc21. The lowest BCUT2D eigenvalue weighted by molar-refractivity contribution is 0.613. The molecule has 0 N–H and O–H groups in total. The number of thiophene rings is 6. The van der Waals surface area contributed by atoms with Crippen molar-refractivity contribution in [1.82, 2.24) is 27.5 Å². The van der Waals surface area contributed by atoms with Crippen molar-refractivity contribution < 1.29 is 0 Å². The molecule has 0 aromatic carbocycles. The van der Waals surface area contributed by atoms with Gasteiger partial charge in [-0.25, -0.2) is 0 Å². The van der Waals surface area contributed by atoms with E-state index < -0.39 is 10.0 Å². The average molecular weight is 1050 g/mol. The Kier molecular flexibility index (Phi) is 12.8. The Labute approximate surface area is 427 Å². The molecule has 0 bridgehead atoms. The molecule has 1 aliphatic rings. The van der Waals surface area contributed by atoms with Crippen molar-refractivity contribution in [2.75, 3.05) is 11.5 Å². The summed E-state index contributed by atoms with van der Waals surface area (Å²) in [6, 6.07) is 23.2. The summed E-state index contributed by atoms with van der Waals surface area (Å²) in [7, 11) is -1.41. The van der Waals surface area contributed by atoms with Crippen LogP contribution >= 0.6 is 102 Å². The maximum atomic E-state index is 5.27. The van der Waals surface area contributed by atoms with Crippen LogP contribution < -0.4 is 0 Å². The zero-order valence-electron chi connectivity index (χ0n) is 38.8. The summed E-state index contributed by atoms with van der Waals surface area (Å²) in [6.07, 6.45) is 8.65. The van der Waals surface area contributed by atoms with Crippen LogP contribution in [0, 0.1) is 23.7 Å². The van der Waals surface area contributed by atoms with Crippen LogP contribution in [0.2, 0.25) is 0 Å². The number of pyridine rings is 2. The minimum Gasteiger partial charge on any atom is -0.252 e. The van der Waals surface area contributed by atoms with E-state index in [4.69, 9.17) is 27.5 Å². The number of fused-ring (bicyclic) bond motifs is 5. The third kappa shape index (κ3) is 8.45. The molecular formula is C52H52N6S9. The van der Waals surface area contributed by atoms with Crippen LogP contribution in [-0.2, 0) is 12.8 Å². The topological polar surface area (TPSA) is 77.3 Å². The second-order valence-corrected chi connectivity index (χ2v) is 29.9. The highest BCUT2D eigenvalue weighted by Crippen LogP contribution is 2.77. The Morgan fingerprint density at radius 2 is 0.836 bits per heavy atom. The standard InChI is InChI=1S/C52H52N6S9/c1-9-29(7)25-67(26-30(8)10-2)43-21-41(47-49-45(55-65-57-49)33(23-53-47)35-15-17-39(61-35)37-13-11-31(59-37)19-27(3)4)63-51(43)52-44(67)22-42(64-52)48-50-46(56-66-58-50)34(24-54-48)36-16-18-40(62-36)38-14-12-32(60-38)20-28(5)6/h11-18,21-24,27-30H,9-10,19-20,25-26H2,1-8H3. The molecule has 0 spiro atoms. The fourth-order valence-electron chi connectivity index (χ4n) is 9.17. The van der Waals surface area contributed by atoms with Gasteiger partial charge in [0.25, 0.3) is 0 Å². The highest BCUT2D eigenvalue weighted by Gasteiger charge is 2.44. The van der Waals surface area contributed by atoms with Crippen molar-refractivity contribution in [2.24, 2.45) is 23.7 Å².